The van der Waals surface area contributed by atoms with Crippen molar-refractivity contribution in [3.05, 3.63) is 0 Å². The van der Waals surface area contributed by atoms with Crippen LogP contribution in [0.15, 0.2) is 5.10 Å². The van der Waals surface area contributed by atoms with Gasteiger partial charge in [0.15, 0.2) is 0 Å². The van der Waals surface area contributed by atoms with E-state index in [-0.39, 0.29) is 5.91 Å². The second-order valence-corrected chi connectivity index (χ2v) is 1.49. The Morgan fingerprint density at radius 2 is 2.44 bits per heavy atom. The topological polar surface area (TPSA) is 58.5 Å². The van der Waals surface area contributed by atoms with Gasteiger partial charge in [0.05, 0.1) is 0 Å². The number of rotatable bonds is 3. The van der Waals surface area contributed by atoms with Crippen LogP contribution in [0, 0.1) is 0 Å². The standard InChI is InChI=1S/C5H8N2O2/c1-2-3-5(9)7-6-4-8/h2-3H2,1H3,(H,7,9). The predicted molar refractivity (Wildman–Crippen MR) is 31.2 cm³/mol. The summed E-state index contributed by atoms with van der Waals surface area (Å²) in [6, 6.07) is 0. The second kappa shape index (κ2) is 5.00. The van der Waals surface area contributed by atoms with Gasteiger partial charge in [0.2, 0.25) is 5.91 Å². The summed E-state index contributed by atoms with van der Waals surface area (Å²) < 4.78 is 0. The average molecular weight is 128 g/mol. The Morgan fingerprint density at radius 3 is 2.89 bits per heavy atom. The molecule has 1 amide bonds. The lowest BCUT2D eigenvalue weighted by molar-refractivity contribution is -0.121. The fourth-order valence-corrected chi connectivity index (χ4v) is 0.368. The zero-order valence-electron chi connectivity index (χ0n) is 5.18. The van der Waals surface area contributed by atoms with E-state index in [0.29, 0.717) is 6.42 Å². The number of hydrazone groups is 1. The average Bonchev–Trinajstić information content (AvgIpc) is 1.85. The first kappa shape index (κ1) is 7.85. The lowest BCUT2D eigenvalue weighted by atomic mass is 10.3. The third kappa shape index (κ3) is 4.71. The third-order valence-electron chi connectivity index (χ3n) is 0.703. The van der Waals surface area contributed by atoms with E-state index in [9.17, 15) is 9.59 Å². The summed E-state index contributed by atoms with van der Waals surface area (Å²) in [5.41, 5.74) is 2.00. The molecule has 1 N–H and O–H groups in total. The highest BCUT2D eigenvalue weighted by Gasteiger charge is 1.93. The first-order valence-corrected chi connectivity index (χ1v) is 2.67. The van der Waals surface area contributed by atoms with Gasteiger partial charge in [-0.15, -0.1) is 0 Å². The SMILES string of the molecule is CCCC(=O)NN=C=O. The van der Waals surface area contributed by atoms with Gasteiger partial charge in [-0.05, 0) is 6.42 Å². The lowest BCUT2D eigenvalue weighted by Gasteiger charge is -1.90. The smallest absolute Gasteiger partial charge is 0.258 e. The van der Waals surface area contributed by atoms with Crippen molar-refractivity contribution in [2.45, 2.75) is 19.8 Å². The van der Waals surface area contributed by atoms with Gasteiger partial charge in [0.1, 0.15) is 0 Å². The number of nitrogens with one attached hydrogen (secondary N) is 1. The van der Waals surface area contributed by atoms with Crippen LogP contribution in [-0.2, 0) is 9.59 Å². The number of hydrogen-bond donors (Lipinski definition) is 1. The lowest BCUT2D eigenvalue weighted by Crippen LogP contribution is -2.15. The first-order chi connectivity index (χ1) is 4.31. The largest absolute Gasteiger partial charge is 0.273 e. The quantitative estimate of drug-likeness (QED) is 0.334. The zero-order chi connectivity index (χ0) is 7.11. The van der Waals surface area contributed by atoms with E-state index in [1.807, 2.05) is 12.3 Å². The molecule has 0 aromatic carbocycles. The molecule has 0 rings (SSSR count). The van der Waals surface area contributed by atoms with E-state index in [1.165, 1.54) is 6.08 Å². The van der Waals surface area contributed by atoms with Crippen LogP contribution in [-0.4, -0.2) is 12.0 Å². The molecule has 4 heteroatoms. The van der Waals surface area contributed by atoms with Crippen LogP contribution < -0.4 is 5.43 Å². The number of amides is 1. The Kier molecular flexibility index (Phi) is 4.36. The Balaban J connectivity index is 3.38. The van der Waals surface area contributed by atoms with Gasteiger partial charge >= 0.3 is 0 Å². The van der Waals surface area contributed by atoms with Crippen molar-refractivity contribution in [1.82, 2.24) is 5.43 Å². The maximum Gasteiger partial charge on any atom is 0.258 e. The molecule has 0 aliphatic rings. The molecule has 0 saturated carbocycles. The molecule has 50 valence electrons. The van der Waals surface area contributed by atoms with Gasteiger partial charge in [0, 0.05) is 6.42 Å². The number of nitrogens with zero attached hydrogens (tertiary/aromatic N) is 1. The van der Waals surface area contributed by atoms with Gasteiger partial charge in [-0.1, -0.05) is 12.0 Å². The molecule has 4 nitrogen and oxygen atoms in total. The summed E-state index contributed by atoms with van der Waals surface area (Å²) in [6.45, 7) is 1.87. The predicted octanol–water partition coefficient (Wildman–Crippen LogP) is 0.154. The number of hydrogen-bond acceptors (Lipinski definition) is 3. The molecule has 9 heavy (non-hydrogen) atoms. The van der Waals surface area contributed by atoms with Crippen LogP contribution in [0.3, 0.4) is 0 Å². The van der Waals surface area contributed by atoms with E-state index in [2.05, 4.69) is 5.10 Å². The maximum absolute atomic E-state index is 10.4. The fraction of sp³-hybridized carbons (Fsp3) is 0.600. The van der Waals surface area contributed by atoms with Crippen LogP contribution in [0.25, 0.3) is 0 Å². The maximum atomic E-state index is 10.4. The first-order valence-electron chi connectivity index (χ1n) is 2.67. The highest BCUT2D eigenvalue weighted by atomic mass is 16.2. The molecule has 0 atom stereocenters. The van der Waals surface area contributed by atoms with Crippen molar-refractivity contribution in [3.8, 4) is 0 Å². The van der Waals surface area contributed by atoms with Crippen LogP contribution in [0.1, 0.15) is 19.8 Å². The minimum atomic E-state index is -0.249. The molecule has 0 saturated heterocycles. The summed E-state index contributed by atoms with van der Waals surface area (Å²) in [5, 5.41) is 2.89. The van der Waals surface area contributed by atoms with Gasteiger partial charge in [-0.3, -0.25) is 4.79 Å². The molecule has 0 bridgehead atoms. The highest BCUT2D eigenvalue weighted by molar-refractivity contribution is 5.75. The van der Waals surface area contributed by atoms with E-state index >= 15 is 0 Å². The Labute approximate surface area is 52.9 Å². The van der Waals surface area contributed by atoms with Crippen molar-refractivity contribution < 1.29 is 9.59 Å². The molecular formula is C5H8N2O2. The van der Waals surface area contributed by atoms with Crippen molar-refractivity contribution in [2.24, 2.45) is 5.10 Å². The van der Waals surface area contributed by atoms with Crippen molar-refractivity contribution >= 4 is 12.0 Å². The monoisotopic (exact) mass is 128 g/mol. The van der Waals surface area contributed by atoms with Crippen LogP contribution in [0.2, 0.25) is 0 Å². The molecule has 0 fully saturated rings. The fourth-order valence-electron chi connectivity index (χ4n) is 0.368. The van der Waals surface area contributed by atoms with E-state index < -0.39 is 0 Å². The molecule has 0 heterocycles. The summed E-state index contributed by atoms with van der Waals surface area (Å²) >= 11 is 0. The van der Waals surface area contributed by atoms with Crippen LogP contribution in [0.4, 0.5) is 0 Å². The van der Waals surface area contributed by atoms with Crippen molar-refractivity contribution in [1.29, 1.82) is 0 Å². The minimum Gasteiger partial charge on any atom is -0.273 e. The molecule has 0 radical (unpaired) electrons. The van der Waals surface area contributed by atoms with Gasteiger partial charge in [0.25, 0.3) is 6.08 Å². The molecule has 0 aliphatic carbocycles. The molecule has 0 aliphatic heterocycles. The van der Waals surface area contributed by atoms with Gasteiger partial charge in [-0.2, -0.15) is 0 Å². The summed E-state index contributed by atoms with van der Waals surface area (Å²) in [6.07, 6.45) is 2.34. The summed E-state index contributed by atoms with van der Waals surface area (Å²) in [4.78, 5) is 19.8. The minimum absolute atomic E-state index is 0.249. The van der Waals surface area contributed by atoms with Gasteiger partial charge < -0.3 is 0 Å². The van der Waals surface area contributed by atoms with Crippen molar-refractivity contribution in [3.63, 3.8) is 0 Å². The number of isocyanates is 1. The van der Waals surface area contributed by atoms with Crippen LogP contribution >= 0.6 is 0 Å². The summed E-state index contributed by atoms with van der Waals surface area (Å²) in [5.74, 6) is -0.249. The molecule has 0 unspecified atom stereocenters. The van der Waals surface area contributed by atoms with E-state index in [4.69, 9.17) is 0 Å². The Morgan fingerprint density at radius 1 is 1.78 bits per heavy atom. The molecular weight excluding hydrogens is 120 g/mol. The Bertz CT molecular complexity index is 138. The normalized spacial score (nSPS) is 7.67. The highest BCUT2D eigenvalue weighted by Crippen LogP contribution is 1.83. The summed E-state index contributed by atoms with van der Waals surface area (Å²) in [7, 11) is 0. The third-order valence-corrected chi connectivity index (χ3v) is 0.703. The zero-order valence-corrected chi connectivity index (χ0v) is 5.18. The molecule has 0 aromatic heterocycles. The van der Waals surface area contributed by atoms with Gasteiger partial charge in [-0.25, -0.2) is 10.2 Å². The number of carbonyl (C=O) groups excluding carboxylic acids is 2. The molecule has 0 aromatic rings. The second-order valence-electron chi connectivity index (χ2n) is 1.49. The molecule has 0 spiro atoms. The van der Waals surface area contributed by atoms with Crippen LogP contribution in [0.5, 0.6) is 0 Å². The van der Waals surface area contributed by atoms with Crippen molar-refractivity contribution in [2.75, 3.05) is 0 Å². The van der Waals surface area contributed by atoms with E-state index in [1.54, 1.807) is 0 Å². The Hall–Kier alpha value is -1.15. The number of carbonyl (C=O) groups is 1. The van der Waals surface area contributed by atoms with E-state index in [0.717, 1.165) is 6.42 Å².